The van der Waals surface area contributed by atoms with E-state index >= 15 is 0 Å². The van der Waals surface area contributed by atoms with Gasteiger partial charge >= 0.3 is 12.1 Å². The summed E-state index contributed by atoms with van der Waals surface area (Å²) in [6, 6.07) is 1.40. The number of pyridine rings is 1. The zero-order valence-electron chi connectivity index (χ0n) is 12.9. The fourth-order valence-electron chi connectivity index (χ4n) is 1.91. The van der Waals surface area contributed by atoms with Gasteiger partial charge in [0.2, 0.25) is 5.91 Å². The third-order valence-electron chi connectivity index (χ3n) is 3.19. The first kappa shape index (κ1) is 20.8. The topological polar surface area (TPSA) is 135 Å². The average Bonchev–Trinajstić information content (AvgIpc) is 2.83. The van der Waals surface area contributed by atoms with Gasteiger partial charge in [0.1, 0.15) is 10.8 Å². The van der Waals surface area contributed by atoms with Crippen LogP contribution in [0.1, 0.15) is 6.42 Å². The predicted octanol–water partition coefficient (Wildman–Crippen LogP) is 0.922. The molecule has 2 rings (SSSR count). The van der Waals surface area contributed by atoms with Crippen molar-refractivity contribution in [3.63, 3.8) is 0 Å². The molecule has 1 amide bonds. The molecule has 1 fully saturated rings. The molecule has 1 unspecified atom stereocenters. The zero-order chi connectivity index (χ0) is 19.2. The van der Waals surface area contributed by atoms with Gasteiger partial charge in [-0.15, -0.1) is 0 Å². The normalized spacial score (nSPS) is 17.1. The van der Waals surface area contributed by atoms with Gasteiger partial charge in [-0.3, -0.25) is 4.79 Å². The van der Waals surface area contributed by atoms with Crippen LogP contribution >= 0.6 is 11.6 Å². The van der Waals surface area contributed by atoms with Gasteiger partial charge in [-0.05, 0) is 12.5 Å². The first-order valence-corrected chi connectivity index (χ1v) is 7.40. The zero-order valence-corrected chi connectivity index (χ0v) is 13.6. The Hall–Kier alpha value is -2.27. The molecule has 0 spiro atoms. The number of rotatable bonds is 4. The second-order valence-electron chi connectivity index (χ2n) is 5.01. The number of aromatic nitrogens is 1. The molecule has 25 heavy (non-hydrogen) atoms. The summed E-state index contributed by atoms with van der Waals surface area (Å²) in [5, 5.41) is 10.7. The third kappa shape index (κ3) is 6.27. The summed E-state index contributed by atoms with van der Waals surface area (Å²) >= 11 is 5.99. The number of carbonyl (C=O) groups is 2. The van der Waals surface area contributed by atoms with Crippen LogP contribution in [0.15, 0.2) is 12.3 Å². The van der Waals surface area contributed by atoms with Gasteiger partial charge < -0.3 is 26.8 Å². The molecule has 1 aromatic heterocycles. The molecule has 0 radical (unpaired) electrons. The monoisotopic (exact) mass is 383 g/mol. The number of nitrogens with one attached hydrogen (secondary N) is 1. The summed E-state index contributed by atoms with van der Waals surface area (Å²) in [5.74, 6) is -2.45. The predicted molar refractivity (Wildman–Crippen MR) is 85.0 cm³/mol. The lowest BCUT2D eigenvalue weighted by atomic mass is 10.3. The fourth-order valence-corrected chi connectivity index (χ4v) is 2.09. The maximum atomic E-state index is 11.6. The number of carbonyl (C=O) groups excluding carboxylic acids is 1. The van der Waals surface area contributed by atoms with Crippen molar-refractivity contribution < 1.29 is 27.9 Å². The molecule has 140 valence electrons. The molecule has 0 bridgehead atoms. The van der Waals surface area contributed by atoms with Gasteiger partial charge in [0.25, 0.3) is 0 Å². The average molecular weight is 384 g/mol. The van der Waals surface area contributed by atoms with Crippen LogP contribution in [0, 0.1) is 0 Å². The number of hydrogen-bond acceptors (Lipinski definition) is 6. The molecule has 0 aliphatic carbocycles. The van der Waals surface area contributed by atoms with Crippen molar-refractivity contribution >= 4 is 35.0 Å². The minimum Gasteiger partial charge on any atom is -0.475 e. The van der Waals surface area contributed by atoms with Crippen molar-refractivity contribution in [2.45, 2.75) is 18.6 Å². The van der Waals surface area contributed by atoms with Crippen LogP contribution < -0.4 is 16.8 Å². The number of amides is 1. The highest BCUT2D eigenvalue weighted by Crippen LogP contribution is 2.25. The van der Waals surface area contributed by atoms with Crippen LogP contribution in [-0.2, 0) is 9.59 Å². The van der Waals surface area contributed by atoms with Crippen molar-refractivity contribution in [2.75, 3.05) is 30.7 Å². The van der Waals surface area contributed by atoms with Crippen LogP contribution in [0.25, 0.3) is 0 Å². The Kier molecular flexibility index (Phi) is 7.24. The summed E-state index contributed by atoms with van der Waals surface area (Å²) in [7, 11) is 0. The number of likely N-dealkylation sites (tertiary alicyclic amines) is 1. The van der Waals surface area contributed by atoms with Crippen LogP contribution in [0.4, 0.5) is 24.7 Å². The van der Waals surface area contributed by atoms with Crippen molar-refractivity contribution in [3.8, 4) is 0 Å². The summed E-state index contributed by atoms with van der Waals surface area (Å²) < 4.78 is 31.7. The molecule has 0 aromatic carbocycles. The van der Waals surface area contributed by atoms with E-state index in [0.717, 1.165) is 12.1 Å². The molecule has 1 aliphatic rings. The molecule has 1 aliphatic heterocycles. The van der Waals surface area contributed by atoms with Gasteiger partial charge in [-0.25, -0.2) is 9.78 Å². The SMILES string of the molecule is Nc1nccc(NCCN2CCC(N)C2=O)c1Cl.O=C(O)C(F)(F)F. The first-order chi connectivity index (χ1) is 11.5. The lowest BCUT2D eigenvalue weighted by Gasteiger charge is -2.17. The molecule has 6 N–H and O–H groups in total. The van der Waals surface area contributed by atoms with Gasteiger partial charge in [0.05, 0.1) is 11.7 Å². The van der Waals surface area contributed by atoms with E-state index in [1.54, 1.807) is 17.2 Å². The third-order valence-corrected chi connectivity index (χ3v) is 3.59. The van der Waals surface area contributed by atoms with E-state index in [4.69, 9.17) is 33.0 Å². The largest absolute Gasteiger partial charge is 0.490 e. The van der Waals surface area contributed by atoms with Crippen LogP contribution in [0.2, 0.25) is 5.02 Å². The van der Waals surface area contributed by atoms with E-state index in [2.05, 4.69) is 10.3 Å². The van der Waals surface area contributed by atoms with Gasteiger partial charge in [0.15, 0.2) is 0 Å². The maximum Gasteiger partial charge on any atom is 0.490 e. The van der Waals surface area contributed by atoms with Crippen LogP contribution in [0.5, 0.6) is 0 Å². The Bertz CT molecular complexity index is 629. The van der Waals surface area contributed by atoms with E-state index in [1.165, 1.54) is 0 Å². The molecule has 1 aromatic rings. The summed E-state index contributed by atoms with van der Waals surface area (Å²) in [6.07, 6.45) is -2.78. The summed E-state index contributed by atoms with van der Waals surface area (Å²) in [6.45, 7) is 1.92. The minimum atomic E-state index is -5.08. The van der Waals surface area contributed by atoms with E-state index < -0.39 is 12.1 Å². The van der Waals surface area contributed by atoms with Crippen molar-refractivity contribution in [3.05, 3.63) is 17.3 Å². The molecule has 0 saturated carbocycles. The highest BCUT2D eigenvalue weighted by atomic mass is 35.5. The molecular formula is C13H17ClF3N5O3. The first-order valence-electron chi connectivity index (χ1n) is 7.02. The summed E-state index contributed by atoms with van der Waals surface area (Å²) in [4.78, 5) is 26.1. The second-order valence-corrected chi connectivity index (χ2v) is 5.39. The second kappa shape index (κ2) is 8.72. The number of carboxylic acid groups (broad SMARTS) is 1. The Morgan fingerprint density at radius 1 is 1.52 bits per heavy atom. The molecule has 1 atom stereocenters. The number of carboxylic acids is 1. The molecule has 1 saturated heterocycles. The highest BCUT2D eigenvalue weighted by molar-refractivity contribution is 6.35. The van der Waals surface area contributed by atoms with Crippen LogP contribution in [-0.4, -0.2) is 58.7 Å². The number of anilines is 2. The molecule has 2 heterocycles. The van der Waals surface area contributed by atoms with Crippen molar-refractivity contribution in [1.29, 1.82) is 0 Å². The van der Waals surface area contributed by atoms with Gasteiger partial charge in [0, 0.05) is 25.8 Å². The number of alkyl halides is 3. The smallest absolute Gasteiger partial charge is 0.475 e. The number of nitrogens with zero attached hydrogens (tertiary/aromatic N) is 2. The number of hydrogen-bond donors (Lipinski definition) is 4. The lowest BCUT2D eigenvalue weighted by Crippen LogP contribution is -2.36. The van der Waals surface area contributed by atoms with Crippen molar-refractivity contribution in [1.82, 2.24) is 9.88 Å². The Labute approximate surface area is 145 Å². The Morgan fingerprint density at radius 3 is 2.60 bits per heavy atom. The number of nitrogen functional groups attached to an aromatic ring is 1. The molecular weight excluding hydrogens is 367 g/mol. The standard InChI is InChI=1S/C11H16ClN5O.C2HF3O2/c12-9-8(1-3-16-10(9)14)15-4-6-17-5-2-7(13)11(17)18;3-2(4,5)1(6)7/h1,3,7H,2,4-6,13H2,(H3,14,15,16);(H,6,7). The highest BCUT2D eigenvalue weighted by Gasteiger charge is 2.38. The fraction of sp³-hybridized carbons (Fsp3) is 0.462. The van der Waals surface area contributed by atoms with Crippen LogP contribution in [0.3, 0.4) is 0 Å². The molecule has 8 nitrogen and oxygen atoms in total. The van der Waals surface area contributed by atoms with Gasteiger partial charge in [-0.2, -0.15) is 13.2 Å². The number of aliphatic carboxylic acids is 1. The van der Waals surface area contributed by atoms with E-state index in [9.17, 15) is 18.0 Å². The summed E-state index contributed by atoms with van der Waals surface area (Å²) in [5.41, 5.74) is 12.0. The lowest BCUT2D eigenvalue weighted by molar-refractivity contribution is -0.192. The van der Waals surface area contributed by atoms with E-state index in [0.29, 0.717) is 30.5 Å². The van der Waals surface area contributed by atoms with Gasteiger partial charge in [-0.1, -0.05) is 11.6 Å². The number of halogens is 4. The maximum absolute atomic E-state index is 11.6. The minimum absolute atomic E-state index is 0.0112. The van der Waals surface area contributed by atoms with E-state index in [-0.39, 0.29) is 11.9 Å². The van der Waals surface area contributed by atoms with Crippen molar-refractivity contribution in [2.24, 2.45) is 5.73 Å². The number of nitrogens with two attached hydrogens (primary N) is 2. The van der Waals surface area contributed by atoms with E-state index in [1.807, 2.05) is 0 Å². The molecule has 12 heteroatoms. The Balaban J connectivity index is 0.000000381. The Morgan fingerprint density at radius 2 is 2.12 bits per heavy atom. The quantitative estimate of drug-likeness (QED) is 0.607.